The predicted octanol–water partition coefficient (Wildman–Crippen LogP) is 3.82. The van der Waals surface area contributed by atoms with Gasteiger partial charge >= 0.3 is 88.8 Å². The predicted molar refractivity (Wildman–Crippen MR) is 189 cm³/mol. The van der Waals surface area contributed by atoms with Crippen molar-refractivity contribution in [1.82, 2.24) is 4.33 Å². The van der Waals surface area contributed by atoms with Crippen LogP contribution in [0.5, 0.6) is 0 Å². The number of amidine groups is 1. The summed E-state index contributed by atoms with van der Waals surface area (Å²) in [6, 6.07) is 54.0. The molecule has 5 aromatic rings. The van der Waals surface area contributed by atoms with Crippen molar-refractivity contribution in [1.29, 1.82) is 5.41 Å². The number of benzene rings is 5. The Balaban J connectivity index is 0.000000520. The van der Waals surface area contributed by atoms with E-state index in [1.165, 1.54) is 33.5 Å². The van der Waals surface area contributed by atoms with Crippen molar-refractivity contribution < 1.29 is 33.5 Å². The summed E-state index contributed by atoms with van der Waals surface area (Å²) < 4.78 is 2.64. The first-order valence-corrected chi connectivity index (χ1v) is 18.6. The van der Waals surface area contributed by atoms with Crippen LogP contribution >= 0.6 is 39.0 Å². The molecule has 0 saturated carbocycles. The second-order valence-electron chi connectivity index (χ2n) is 8.87. The van der Waals surface area contributed by atoms with E-state index in [1.54, 1.807) is 0 Å². The number of nitrogens with one attached hydrogen (secondary N) is 2. The quantitative estimate of drug-likeness (QED) is 0.0804. The van der Waals surface area contributed by atoms with Crippen molar-refractivity contribution in [2.75, 3.05) is 17.7 Å². The molecular weight excluding hydrogens is 879 g/mol. The summed E-state index contributed by atoms with van der Waals surface area (Å²) >= 11 is 12.1. The van der Waals surface area contributed by atoms with E-state index >= 15 is 0 Å². The minimum absolute atomic E-state index is 0. The van der Waals surface area contributed by atoms with Crippen LogP contribution in [0.4, 0.5) is 0 Å². The third kappa shape index (κ3) is 14.0. The van der Waals surface area contributed by atoms with Gasteiger partial charge in [0.15, 0.2) is 0 Å². The molecule has 5 rings (SSSR count). The molecule has 5 aromatic carbocycles. The fourth-order valence-electron chi connectivity index (χ4n) is 4.38. The van der Waals surface area contributed by atoms with Crippen molar-refractivity contribution in [2.24, 2.45) is 0 Å². The molecule has 0 fully saturated rings. The molecule has 0 radical (unpaired) electrons. The zero-order valence-corrected chi connectivity index (χ0v) is 31.7. The Kier molecular flexibility index (Phi) is 21.9. The third-order valence-corrected chi connectivity index (χ3v) is 12.8. The van der Waals surface area contributed by atoms with Gasteiger partial charge in [-0.25, -0.2) is 0 Å². The van der Waals surface area contributed by atoms with E-state index in [4.69, 9.17) is 28.6 Å². The van der Waals surface area contributed by atoms with Crippen LogP contribution in [0.25, 0.3) is 0 Å². The van der Waals surface area contributed by atoms with Crippen LogP contribution in [0.1, 0.15) is 5.56 Å². The van der Waals surface area contributed by atoms with Gasteiger partial charge < -0.3 is 12.4 Å². The maximum Gasteiger partial charge on any atom is 2.00 e. The first-order chi connectivity index (χ1) is 20.2. The monoisotopic (exact) mass is 913 g/mol. The zero-order chi connectivity index (χ0) is 29.1. The van der Waals surface area contributed by atoms with Gasteiger partial charge in [-0.3, -0.25) is 0 Å². The molecule has 0 aromatic heterocycles. The number of hydrogen-bond acceptors (Lipinski definition) is 1. The van der Waals surface area contributed by atoms with E-state index in [-0.39, 0.29) is 38.8 Å². The Morgan fingerprint density at radius 3 is 1.00 bits per heavy atom. The Labute approximate surface area is 298 Å². The fraction of sp³-hybridized carbons (Fsp3) is 0.0882. The van der Waals surface area contributed by atoms with Crippen molar-refractivity contribution in [2.45, 2.75) is 0 Å². The molecule has 43 heavy (non-hydrogen) atoms. The molecule has 226 valence electrons. The van der Waals surface area contributed by atoms with Crippen LogP contribution in [0.3, 0.4) is 0 Å². The Morgan fingerprint density at radius 2 is 0.767 bits per heavy atom. The van der Waals surface area contributed by atoms with Crippen LogP contribution in [-0.4, -0.2) is 39.7 Å². The van der Waals surface area contributed by atoms with Crippen LogP contribution in [0, 0.1) is 5.41 Å². The van der Waals surface area contributed by atoms with E-state index in [0.717, 1.165) is 5.56 Å². The summed E-state index contributed by atoms with van der Waals surface area (Å²) in [5.41, 5.74) is 0.890. The average Bonchev–Trinajstić information content (AvgIpc) is 3.05. The van der Waals surface area contributed by atoms with Crippen LogP contribution in [-0.2, 0) is 21.1 Å². The topological polar surface area (TPSA) is 35.9 Å². The van der Waals surface area contributed by atoms with Crippen LogP contribution in [0.15, 0.2) is 152 Å². The Hall–Kier alpha value is -1.49. The summed E-state index contributed by atoms with van der Waals surface area (Å²) in [5.74, 6) is 0.403. The molecule has 0 amide bonds. The van der Waals surface area contributed by atoms with E-state index in [1.807, 2.05) is 30.3 Å². The zero-order valence-electron chi connectivity index (χ0n) is 23.4. The van der Waals surface area contributed by atoms with E-state index in [9.17, 15) is 0 Å². The van der Waals surface area contributed by atoms with Gasteiger partial charge in [0.1, 0.15) is 12.3 Å². The average molecular weight is 914 g/mol. The molecule has 2 N–H and O–H groups in total. The maximum absolute atomic E-state index is 7.34. The maximum atomic E-state index is 7.34. The van der Waals surface area contributed by atoms with Crippen LogP contribution in [0.2, 0.25) is 0 Å². The smallest absolute Gasteiger partial charge is 1.00 e. The molecule has 9 heteroatoms. The van der Waals surface area contributed by atoms with Crippen molar-refractivity contribution in [3.63, 3.8) is 0 Å². The number of hydrogen-bond donors (Lipinski definition) is 2. The molecule has 0 heterocycles. The molecular formula is C34H35Cl3N2P2PtSe+2. The van der Waals surface area contributed by atoms with Crippen molar-refractivity contribution in [3.05, 3.63) is 157 Å². The number of halogens is 3. The third-order valence-electron chi connectivity index (χ3n) is 6.28. The standard InChI is InChI=1S/C26H24P2.C7H7N2Se.CH2Cl2.ClH.Pt/c1-5-13-23(14-6-1)27(24-15-7-2-8-16-24)21-22-28(25-17-9-3-10-18-25)26-19-11-4-12-20-26;8-7(9-10)6-4-2-1-3-5-6;2-1-3;;/h1-20H,21-22H2;1-5H,(H2-,8,9,10);1H2;1H;/q;-1;;;+2/p+1. The summed E-state index contributed by atoms with van der Waals surface area (Å²) in [6.45, 7) is 0. The molecule has 2 nitrogen and oxygen atoms in total. The van der Waals surface area contributed by atoms with E-state index in [2.05, 4.69) is 142 Å². The number of alkyl halides is 2. The van der Waals surface area contributed by atoms with Gasteiger partial charge in [-0.2, -0.15) is 0 Å². The summed E-state index contributed by atoms with van der Waals surface area (Å²) in [6.07, 6.45) is 2.52. The summed E-state index contributed by atoms with van der Waals surface area (Å²) in [4.78, 5) is 0. The summed E-state index contributed by atoms with van der Waals surface area (Å²) in [5, 5.41) is 13.6. The fourth-order valence-corrected chi connectivity index (χ4v) is 10.8. The molecule has 0 saturated heterocycles. The Bertz CT molecular complexity index is 1230. The largest absolute Gasteiger partial charge is 2.00 e. The second-order valence-corrected chi connectivity index (χ2v) is 15.3. The van der Waals surface area contributed by atoms with Crippen LogP contribution < -0.4 is 38.0 Å². The molecule has 0 aliphatic carbocycles. The minimum Gasteiger partial charge on any atom is -1.00 e. The Morgan fingerprint density at radius 1 is 0.535 bits per heavy atom. The molecule has 0 unspecified atom stereocenters. The van der Waals surface area contributed by atoms with Gasteiger partial charge in [0.2, 0.25) is 0 Å². The van der Waals surface area contributed by atoms with E-state index in [0.29, 0.717) is 5.84 Å². The van der Waals surface area contributed by atoms with Gasteiger partial charge in [0, 0.05) is 0 Å². The van der Waals surface area contributed by atoms with Crippen molar-refractivity contribution >= 4 is 82.3 Å². The van der Waals surface area contributed by atoms with Gasteiger partial charge in [-0.15, -0.1) is 23.2 Å². The normalized spacial score (nSPS) is 9.70. The minimum atomic E-state index is -0.783. The second kappa shape index (κ2) is 23.8. The molecule has 0 spiro atoms. The van der Waals surface area contributed by atoms with Gasteiger partial charge in [-0.1, -0.05) is 72.8 Å². The SMILES string of the molecule is ClCCl.N=C(N[Se-])c1ccccc1.[Cl-].[Pt+2].c1ccc([PH+](CC[PH+](c2ccccc2)c2ccccc2)c2ccccc2)cc1. The first kappa shape index (κ1) is 39.5. The summed E-state index contributed by atoms with van der Waals surface area (Å²) in [7, 11) is -1.57. The van der Waals surface area contributed by atoms with Gasteiger partial charge in [0.05, 0.1) is 42.4 Å². The first-order valence-electron chi connectivity index (χ1n) is 13.2. The van der Waals surface area contributed by atoms with Crippen molar-refractivity contribution in [3.8, 4) is 0 Å². The molecule has 0 aliphatic heterocycles. The molecule has 0 bridgehead atoms. The van der Waals surface area contributed by atoms with Gasteiger partial charge in [-0.05, 0) is 48.5 Å². The molecule has 0 aliphatic rings. The van der Waals surface area contributed by atoms with E-state index < -0.39 is 15.8 Å². The van der Waals surface area contributed by atoms with Gasteiger partial charge in [0.25, 0.3) is 0 Å². The number of rotatable bonds is 8. The molecule has 0 atom stereocenters.